The van der Waals surface area contributed by atoms with E-state index in [-0.39, 0.29) is 11.2 Å². The summed E-state index contributed by atoms with van der Waals surface area (Å²) in [4.78, 5) is 11.5. The molecule has 0 saturated heterocycles. The van der Waals surface area contributed by atoms with Crippen LogP contribution < -0.4 is 5.32 Å². The van der Waals surface area contributed by atoms with Gasteiger partial charge in [-0.2, -0.15) is 0 Å². The normalized spacial score (nSPS) is 12.1. The molecule has 1 amide bonds. The molecule has 0 aromatic carbocycles. The van der Waals surface area contributed by atoms with Gasteiger partial charge in [-0.1, -0.05) is 29.2 Å². The summed E-state index contributed by atoms with van der Waals surface area (Å²) in [6.07, 6.45) is 1.66. The average Bonchev–Trinajstić information content (AvgIpc) is 2.60. The molecule has 0 fully saturated rings. The summed E-state index contributed by atoms with van der Waals surface area (Å²) in [7, 11) is 0. The van der Waals surface area contributed by atoms with Crippen molar-refractivity contribution in [2.45, 2.75) is 23.4 Å². The summed E-state index contributed by atoms with van der Waals surface area (Å²) < 4.78 is 0.828. The van der Waals surface area contributed by atoms with Crippen LogP contribution in [0, 0.1) is 6.92 Å². The van der Waals surface area contributed by atoms with E-state index in [1.54, 1.807) is 6.08 Å². The van der Waals surface area contributed by atoms with Crippen LogP contribution in [-0.2, 0) is 4.79 Å². The number of carbonyl (C=O) groups is 1. The predicted octanol–water partition coefficient (Wildman–Crippen LogP) is 1.63. The molecule has 4 nitrogen and oxygen atoms in total. The quantitative estimate of drug-likeness (QED) is 0.631. The molecule has 15 heavy (non-hydrogen) atoms. The van der Waals surface area contributed by atoms with Crippen molar-refractivity contribution in [1.82, 2.24) is 15.5 Å². The fourth-order valence-electron chi connectivity index (χ4n) is 0.847. The number of carbonyl (C=O) groups excluding carboxylic acids is 1. The van der Waals surface area contributed by atoms with Crippen LogP contribution in [0.2, 0.25) is 0 Å². The summed E-state index contributed by atoms with van der Waals surface area (Å²) in [5, 5.41) is 11.3. The third-order valence-corrected chi connectivity index (χ3v) is 3.60. The number of hydrogen-bond donors (Lipinski definition) is 1. The lowest BCUT2D eigenvalue weighted by Gasteiger charge is -2.07. The van der Waals surface area contributed by atoms with E-state index in [9.17, 15) is 4.79 Å². The summed E-state index contributed by atoms with van der Waals surface area (Å²) in [6.45, 7) is 7.78. The molecule has 0 aliphatic carbocycles. The van der Waals surface area contributed by atoms with Crippen molar-refractivity contribution >= 4 is 29.0 Å². The molecule has 0 bridgehead atoms. The minimum absolute atomic E-state index is 0.00671. The zero-order valence-corrected chi connectivity index (χ0v) is 10.3. The lowest BCUT2D eigenvalue weighted by Crippen LogP contribution is -2.30. The van der Waals surface area contributed by atoms with E-state index in [2.05, 4.69) is 22.1 Å². The van der Waals surface area contributed by atoms with Crippen molar-refractivity contribution in [2.75, 3.05) is 6.54 Å². The average molecular weight is 243 g/mol. The van der Waals surface area contributed by atoms with E-state index in [1.807, 2.05) is 13.8 Å². The first-order valence-electron chi connectivity index (χ1n) is 4.49. The monoisotopic (exact) mass is 243 g/mol. The predicted molar refractivity (Wildman–Crippen MR) is 63.2 cm³/mol. The van der Waals surface area contributed by atoms with E-state index in [4.69, 9.17) is 0 Å². The molecule has 1 atom stereocenters. The summed E-state index contributed by atoms with van der Waals surface area (Å²) >= 11 is 2.92. The largest absolute Gasteiger partial charge is 0.352 e. The minimum atomic E-state index is -0.155. The number of thioether (sulfide) groups is 1. The van der Waals surface area contributed by atoms with Gasteiger partial charge in [0.05, 0.1) is 5.25 Å². The van der Waals surface area contributed by atoms with Crippen molar-refractivity contribution in [1.29, 1.82) is 0 Å². The van der Waals surface area contributed by atoms with Gasteiger partial charge in [0, 0.05) is 6.54 Å². The van der Waals surface area contributed by atoms with Crippen LogP contribution in [-0.4, -0.2) is 27.9 Å². The SMILES string of the molecule is C=CCNC(=O)[C@@H](C)Sc1nnc(C)s1. The second-order valence-corrected chi connectivity index (χ2v) is 5.65. The smallest absolute Gasteiger partial charge is 0.233 e. The molecule has 0 unspecified atom stereocenters. The third-order valence-electron chi connectivity index (χ3n) is 1.57. The number of amides is 1. The van der Waals surface area contributed by atoms with E-state index >= 15 is 0 Å². The Morgan fingerprint density at radius 3 is 3.00 bits per heavy atom. The lowest BCUT2D eigenvalue weighted by atomic mass is 10.4. The van der Waals surface area contributed by atoms with Gasteiger partial charge in [-0.3, -0.25) is 4.79 Å². The van der Waals surface area contributed by atoms with Gasteiger partial charge in [0.1, 0.15) is 5.01 Å². The van der Waals surface area contributed by atoms with Crippen molar-refractivity contribution in [3.05, 3.63) is 17.7 Å². The zero-order valence-electron chi connectivity index (χ0n) is 8.69. The zero-order chi connectivity index (χ0) is 11.3. The number of hydrogen-bond acceptors (Lipinski definition) is 5. The molecular weight excluding hydrogens is 230 g/mol. The molecule has 1 heterocycles. The first kappa shape index (κ1) is 12.2. The maximum absolute atomic E-state index is 11.5. The van der Waals surface area contributed by atoms with Gasteiger partial charge in [0.25, 0.3) is 0 Å². The number of aromatic nitrogens is 2. The van der Waals surface area contributed by atoms with Crippen LogP contribution in [0.5, 0.6) is 0 Å². The maximum atomic E-state index is 11.5. The van der Waals surface area contributed by atoms with Crippen LogP contribution >= 0.6 is 23.1 Å². The Bertz CT molecular complexity index is 351. The number of nitrogens with one attached hydrogen (secondary N) is 1. The maximum Gasteiger partial charge on any atom is 0.233 e. The Balaban J connectivity index is 2.44. The fraction of sp³-hybridized carbons (Fsp3) is 0.444. The summed E-state index contributed by atoms with van der Waals surface area (Å²) in [5.41, 5.74) is 0. The fourth-order valence-corrected chi connectivity index (χ4v) is 2.83. The highest BCUT2D eigenvalue weighted by Crippen LogP contribution is 2.25. The van der Waals surface area contributed by atoms with Gasteiger partial charge in [-0.25, -0.2) is 0 Å². The van der Waals surface area contributed by atoms with Gasteiger partial charge in [0.15, 0.2) is 4.34 Å². The molecule has 0 spiro atoms. The highest BCUT2D eigenvalue weighted by atomic mass is 32.2. The minimum Gasteiger partial charge on any atom is -0.352 e. The van der Waals surface area contributed by atoms with E-state index < -0.39 is 0 Å². The summed E-state index contributed by atoms with van der Waals surface area (Å²) in [5.74, 6) is -0.00671. The van der Waals surface area contributed by atoms with Crippen molar-refractivity contribution in [2.24, 2.45) is 0 Å². The van der Waals surface area contributed by atoms with E-state index in [0.29, 0.717) is 6.54 Å². The molecule has 0 radical (unpaired) electrons. The standard InChI is InChI=1S/C9H13N3OS2/c1-4-5-10-8(13)6(2)14-9-12-11-7(3)15-9/h4,6H,1,5H2,2-3H3,(H,10,13)/t6-/m1/s1. The summed E-state index contributed by atoms with van der Waals surface area (Å²) in [6, 6.07) is 0. The van der Waals surface area contributed by atoms with Crippen LogP contribution in [0.3, 0.4) is 0 Å². The number of aryl methyl sites for hydroxylation is 1. The third kappa shape index (κ3) is 4.01. The first-order chi connectivity index (χ1) is 7.13. The molecule has 0 aliphatic rings. The molecule has 1 aromatic heterocycles. The van der Waals surface area contributed by atoms with Crippen LogP contribution in [0.15, 0.2) is 17.0 Å². The van der Waals surface area contributed by atoms with Crippen LogP contribution in [0.1, 0.15) is 11.9 Å². The van der Waals surface area contributed by atoms with Gasteiger partial charge in [0.2, 0.25) is 5.91 Å². The highest BCUT2D eigenvalue weighted by molar-refractivity contribution is 8.02. The molecule has 1 N–H and O–H groups in total. The molecule has 6 heteroatoms. The van der Waals surface area contributed by atoms with Gasteiger partial charge < -0.3 is 5.32 Å². The number of rotatable bonds is 5. The van der Waals surface area contributed by atoms with E-state index in [0.717, 1.165) is 9.35 Å². The second-order valence-electron chi connectivity index (χ2n) is 2.88. The van der Waals surface area contributed by atoms with Crippen molar-refractivity contribution < 1.29 is 4.79 Å². The Labute approximate surface area is 97.2 Å². The number of nitrogens with zero attached hydrogens (tertiary/aromatic N) is 2. The topological polar surface area (TPSA) is 54.9 Å². The van der Waals surface area contributed by atoms with Gasteiger partial charge in [-0.05, 0) is 13.8 Å². The molecule has 0 saturated carbocycles. The highest BCUT2D eigenvalue weighted by Gasteiger charge is 2.15. The van der Waals surface area contributed by atoms with Crippen molar-refractivity contribution in [3.63, 3.8) is 0 Å². The van der Waals surface area contributed by atoms with Crippen LogP contribution in [0.25, 0.3) is 0 Å². The van der Waals surface area contributed by atoms with Gasteiger partial charge in [-0.15, -0.1) is 16.8 Å². The van der Waals surface area contributed by atoms with E-state index in [1.165, 1.54) is 23.1 Å². The molecule has 0 aliphatic heterocycles. The molecule has 1 rings (SSSR count). The second kappa shape index (κ2) is 5.87. The lowest BCUT2D eigenvalue weighted by molar-refractivity contribution is -0.120. The molecule has 82 valence electrons. The van der Waals surface area contributed by atoms with Gasteiger partial charge >= 0.3 is 0 Å². The Hall–Kier alpha value is -0.880. The first-order valence-corrected chi connectivity index (χ1v) is 6.18. The Morgan fingerprint density at radius 1 is 1.73 bits per heavy atom. The Morgan fingerprint density at radius 2 is 2.47 bits per heavy atom. The molecule has 1 aromatic rings. The molecular formula is C9H13N3OS2. The Kier molecular flexibility index (Phi) is 4.77. The van der Waals surface area contributed by atoms with Crippen LogP contribution in [0.4, 0.5) is 0 Å². The van der Waals surface area contributed by atoms with Crippen molar-refractivity contribution in [3.8, 4) is 0 Å².